The van der Waals surface area contributed by atoms with Gasteiger partial charge in [-0.25, -0.2) is 4.39 Å². The third kappa shape index (κ3) is 3.69. The van der Waals surface area contributed by atoms with Gasteiger partial charge in [0.2, 0.25) is 0 Å². The standard InChI is InChI=1S/C19H17FN2O5/c1-10-15-8-12(20)4-5-16(15)27-17(10)19(24)22-21-18(23)11-6-13(25-2)9-14(7-11)26-3/h4-9H,1-3H3,(H,21,23)(H,22,24). The summed E-state index contributed by atoms with van der Waals surface area (Å²) in [5.74, 6) is -0.813. The van der Waals surface area contributed by atoms with E-state index in [0.29, 0.717) is 28.0 Å². The molecule has 140 valence electrons. The first-order chi connectivity index (χ1) is 12.9. The van der Waals surface area contributed by atoms with Crippen LogP contribution < -0.4 is 20.3 Å². The molecule has 7 nitrogen and oxygen atoms in total. The van der Waals surface area contributed by atoms with Gasteiger partial charge >= 0.3 is 5.91 Å². The van der Waals surface area contributed by atoms with Crippen molar-refractivity contribution >= 4 is 22.8 Å². The molecule has 27 heavy (non-hydrogen) atoms. The highest BCUT2D eigenvalue weighted by atomic mass is 19.1. The van der Waals surface area contributed by atoms with Crippen LogP contribution in [0.3, 0.4) is 0 Å². The lowest BCUT2D eigenvalue weighted by Gasteiger charge is -2.09. The van der Waals surface area contributed by atoms with Crippen molar-refractivity contribution in [3.8, 4) is 11.5 Å². The van der Waals surface area contributed by atoms with Gasteiger partial charge in [-0.05, 0) is 37.3 Å². The van der Waals surface area contributed by atoms with Crippen LogP contribution in [0.15, 0.2) is 40.8 Å². The second kappa shape index (κ2) is 7.36. The minimum atomic E-state index is -0.660. The van der Waals surface area contributed by atoms with Crippen LogP contribution in [0, 0.1) is 12.7 Å². The highest BCUT2D eigenvalue weighted by Gasteiger charge is 2.19. The van der Waals surface area contributed by atoms with Crippen LogP contribution in [-0.4, -0.2) is 26.0 Å². The molecule has 0 saturated carbocycles. The van der Waals surface area contributed by atoms with Crippen molar-refractivity contribution in [1.29, 1.82) is 0 Å². The maximum atomic E-state index is 13.4. The molecule has 0 saturated heterocycles. The van der Waals surface area contributed by atoms with Crippen LogP contribution in [0.1, 0.15) is 26.5 Å². The molecule has 2 N–H and O–H groups in total. The van der Waals surface area contributed by atoms with E-state index in [1.54, 1.807) is 13.0 Å². The number of halogens is 1. The van der Waals surface area contributed by atoms with Crippen LogP contribution >= 0.6 is 0 Å². The number of hydrogen-bond donors (Lipinski definition) is 2. The summed E-state index contributed by atoms with van der Waals surface area (Å²) in [5, 5.41) is 0.490. The van der Waals surface area contributed by atoms with Crippen molar-refractivity contribution in [2.45, 2.75) is 6.92 Å². The van der Waals surface area contributed by atoms with Gasteiger partial charge in [0.15, 0.2) is 5.76 Å². The molecule has 0 atom stereocenters. The molecule has 2 amide bonds. The molecule has 0 unspecified atom stereocenters. The Bertz CT molecular complexity index is 1010. The fourth-order valence-electron chi connectivity index (χ4n) is 2.59. The van der Waals surface area contributed by atoms with Crippen LogP contribution in [0.2, 0.25) is 0 Å². The van der Waals surface area contributed by atoms with Gasteiger partial charge in [-0.2, -0.15) is 0 Å². The lowest BCUT2D eigenvalue weighted by molar-refractivity contribution is 0.0831. The molecule has 2 aromatic carbocycles. The second-order valence-electron chi connectivity index (χ2n) is 5.71. The molecule has 0 aliphatic rings. The van der Waals surface area contributed by atoms with E-state index in [9.17, 15) is 14.0 Å². The number of rotatable bonds is 4. The summed E-state index contributed by atoms with van der Waals surface area (Å²) < 4.78 is 29.0. The molecular formula is C19H17FN2O5. The normalized spacial score (nSPS) is 10.5. The zero-order valence-electron chi connectivity index (χ0n) is 14.9. The number of carbonyl (C=O) groups is 2. The van der Waals surface area contributed by atoms with E-state index in [1.165, 1.54) is 44.6 Å². The lowest BCUT2D eigenvalue weighted by Crippen LogP contribution is -2.41. The van der Waals surface area contributed by atoms with Crippen molar-refractivity contribution in [3.05, 3.63) is 59.1 Å². The Balaban J connectivity index is 1.76. The number of benzene rings is 2. The Hall–Kier alpha value is -3.55. The maximum Gasteiger partial charge on any atom is 0.305 e. The van der Waals surface area contributed by atoms with E-state index in [1.807, 2.05) is 0 Å². The van der Waals surface area contributed by atoms with Crippen LogP contribution in [0.25, 0.3) is 11.0 Å². The van der Waals surface area contributed by atoms with Gasteiger partial charge in [-0.1, -0.05) is 0 Å². The summed E-state index contributed by atoms with van der Waals surface area (Å²) in [7, 11) is 2.93. The first-order valence-electron chi connectivity index (χ1n) is 7.95. The van der Waals surface area contributed by atoms with E-state index >= 15 is 0 Å². The van der Waals surface area contributed by atoms with Crippen molar-refractivity contribution < 1.29 is 27.9 Å². The Morgan fingerprint density at radius 1 is 0.963 bits per heavy atom. The number of hydrazine groups is 1. The number of ether oxygens (including phenoxy) is 2. The van der Waals surface area contributed by atoms with E-state index in [2.05, 4.69) is 10.9 Å². The average Bonchev–Trinajstić information content (AvgIpc) is 3.01. The third-order valence-electron chi connectivity index (χ3n) is 4.01. The molecule has 1 heterocycles. The van der Waals surface area contributed by atoms with Crippen molar-refractivity contribution in [2.24, 2.45) is 0 Å². The lowest BCUT2D eigenvalue weighted by atomic mass is 10.1. The molecule has 3 aromatic rings. The van der Waals surface area contributed by atoms with Gasteiger partial charge in [0.1, 0.15) is 22.9 Å². The summed E-state index contributed by atoms with van der Waals surface area (Å²) in [6.07, 6.45) is 0. The number of methoxy groups -OCH3 is 2. The molecule has 0 aliphatic carbocycles. The zero-order chi connectivity index (χ0) is 19.6. The summed E-state index contributed by atoms with van der Waals surface area (Å²) in [4.78, 5) is 24.6. The monoisotopic (exact) mass is 372 g/mol. The highest BCUT2D eigenvalue weighted by molar-refractivity contribution is 6.01. The largest absolute Gasteiger partial charge is 0.497 e. The van der Waals surface area contributed by atoms with Gasteiger partial charge in [0.05, 0.1) is 14.2 Å². The molecule has 8 heteroatoms. The average molecular weight is 372 g/mol. The van der Waals surface area contributed by atoms with E-state index < -0.39 is 17.6 Å². The number of aryl methyl sites for hydroxylation is 1. The first-order valence-corrected chi connectivity index (χ1v) is 7.95. The summed E-state index contributed by atoms with van der Waals surface area (Å²) in [5.41, 5.74) is 5.66. The Labute approximate surface area is 154 Å². The molecule has 1 aromatic heterocycles. The Morgan fingerprint density at radius 2 is 1.59 bits per heavy atom. The summed E-state index contributed by atoms with van der Waals surface area (Å²) >= 11 is 0. The van der Waals surface area contributed by atoms with Gasteiger partial charge in [0.25, 0.3) is 5.91 Å². The SMILES string of the molecule is COc1cc(OC)cc(C(=O)NNC(=O)c2oc3ccc(F)cc3c2C)c1. The molecule has 0 aliphatic heterocycles. The first kappa shape index (κ1) is 18.2. The number of nitrogens with one attached hydrogen (secondary N) is 2. The van der Waals surface area contributed by atoms with Crippen molar-refractivity contribution in [1.82, 2.24) is 10.9 Å². The van der Waals surface area contributed by atoms with Gasteiger partial charge in [-0.15, -0.1) is 0 Å². The quantitative estimate of drug-likeness (QED) is 0.687. The zero-order valence-corrected chi connectivity index (χ0v) is 14.9. The van der Waals surface area contributed by atoms with E-state index in [4.69, 9.17) is 13.9 Å². The number of furan rings is 1. The minimum Gasteiger partial charge on any atom is -0.497 e. The molecule has 3 rings (SSSR count). The predicted octanol–water partition coefficient (Wildman–Crippen LogP) is 2.97. The van der Waals surface area contributed by atoms with Crippen molar-refractivity contribution in [2.75, 3.05) is 14.2 Å². The van der Waals surface area contributed by atoms with E-state index in [-0.39, 0.29) is 11.3 Å². The number of carbonyl (C=O) groups excluding carboxylic acids is 2. The topological polar surface area (TPSA) is 89.8 Å². The van der Waals surface area contributed by atoms with Gasteiger partial charge in [0, 0.05) is 22.6 Å². The van der Waals surface area contributed by atoms with Crippen LogP contribution in [0.5, 0.6) is 11.5 Å². The summed E-state index contributed by atoms with van der Waals surface area (Å²) in [6.45, 7) is 1.63. The smallest absolute Gasteiger partial charge is 0.305 e. The maximum absolute atomic E-state index is 13.4. The predicted molar refractivity (Wildman–Crippen MR) is 95.4 cm³/mol. The van der Waals surface area contributed by atoms with Gasteiger partial charge in [-0.3, -0.25) is 20.4 Å². The molecular weight excluding hydrogens is 355 g/mol. The summed E-state index contributed by atoms with van der Waals surface area (Å²) in [6, 6.07) is 8.58. The number of hydrogen-bond acceptors (Lipinski definition) is 5. The fraction of sp³-hybridized carbons (Fsp3) is 0.158. The van der Waals surface area contributed by atoms with Crippen LogP contribution in [-0.2, 0) is 0 Å². The van der Waals surface area contributed by atoms with E-state index in [0.717, 1.165) is 0 Å². The molecule has 0 radical (unpaired) electrons. The van der Waals surface area contributed by atoms with Crippen LogP contribution in [0.4, 0.5) is 4.39 Å². The Morgan fingerprint density at radius 3 is 2.22 bits per heavy atom. The highest BCUT2D eigenvalue weighted by Crippen LogP contribution is 2.26. The second-order valence-corrected chi connectivity index (χ2v) is 5.71. The third-order valence-corrected chi connectivity index (χ3v) is 4.01. The Kier molecular flexibility index (Phi) is 4.98. The van der Waals surface area contributed by atoms with Gasteiger partial charge < -0.3 is 13.9 Å². The minimum absolute atomic E-state index is 0.0147. The number of amides is 2. The molecule has 0 fully saturated rings. The van der Waals surface area contributed by atoms with Crippen molar-refractivity contribution in [3.63, 3.8) is 0 Å². The molecule has 0 spiro atoms. The number of fused-ring (bicyclic) bond motifs is 1. The fourth-order valence-corrected chi connectivity index (χ4v) is 2.59. The molecule has 0 bridgehead atoms.